The van der Waals surface area contributed by atoms with E-state index in [2.05, 4.69) is 11.8 Å². The van der Waals surface area contributed by atoms with Gasteiger partial charge < -0.3 is 10.0 Å². The zero-order chi connectivity index (χ0) is 14.0. The van der Waals surface area contributed by atoms with Gasteiger partial charge in [0.25, 0.3) is 0 Å². The maximum atomic E-state index is 13.7. The van der Waals surface area contributed by atoms with Crippen LogP contribution in [0.4, 0.5) is 10.1 Å². The van der Waals surface area contributed by atoms with Gasteiger partial charge in [-0.3, -0.25) is 0 Å². The Morgan fingerprint density at radius 1 is 1.47 bits per heavy atom. The molecular weight excluding hydrogens is 241 g/mol. The standard InChI is InChI=1S/C16H24FNO/c1-4-5-13-6-7-18(10-13)16-8-11(2)15(17)9-14(16)12(3)19/h8-9,12-13,19H,4-7,10H2,1-3H3/t12-,13?/m0/s1. The summed E-state index contributed by atoms with van der Waals surface area (Å²) in [5.41, 5.74) is 2.37. The van der Waals surface area contributed by atoms with E-state index in [0.29, 0.717) is 11.1 Å². The van der Waals surface area contributed by atoms with E-state index in [4.69, 9.17) is 0 Å². The third-order valence-electron chi connectivity index (χ3n) is 4.08. The van der Waals surface area contributed by atoms with Crippen LogP contribution in [0.3, 0.4) is 0 Å². The highest BCUT2D eigenvalue weighted by atomic mass is 19.1. The van der Waals surface area contributed by atoms with Crippen molar-refractivity contribution in [2.75, 3.05) is 18.0 Å². The summed E-state index contributed by atoms with van der Waals surface area (Å²) in [6.07, 6.45) is 3.03. The van der Waals surface area contributed by atoms with E-state index in [-0.39, 0.29) is 5.82 Å². The van der Waals surface area contributed by atoms with E-state index in [9.17, 15) is 9.50 Å². The molecule has 3 heteroatoms. The first-order chi connectivity index (χ1) is 9.02. The fourth-order valence-electron chi connectivity index (χ4n) is 2.99. The number of benzene rings is 1. The number of aliphatic hydroxyl groups is 1. The van der Waals surface area contributed by atoms with E-state index in [1.807, 2.05) is 6.07 Å². The normalized spacial score (nSPS) is 20.9. The molecule has 0 saturated carbocycles. The Morgan fingerprint density at radius 2 is 2.21 bits per heavy atom. The molecule has 1 aliphatic rings. The van der Waals surface area contributed by atoms with Crippen LogP contribution in [0.5, 0.6) is 0 Å². The minimum atomic E-state index is -0.629. The van der Waals surface area contributed by atoms with Crippen LogP contribution in [0.1, 0.15) is 50.3 Å². The van der Waals surface area contributed by atoms with Gasteiger partial charge in [-0.05, 0) is 50.3 Å². The predicted octanol–water partition coefficient (Wildman–Crippen LogP) is 3.81. The molecule has 19 heavy (non-hydrogen) atoms. The molecule has 1 aliphatic heterocycles. The van der Waals surface area contributed by atoms with E-state index < -0.39 is 6.10 Å². The molecule has 0 spiro atoms. The third-order valence-corrected chi connectivity index (χ3v) is 4.08. The minimum Gasteiger partial charge on any atom is -0.389 e. The second-order valence-electron chi connectivity index (χ2n) is 5.73. The van der Waals surface area contributed by atoms with Crippen LogP contribution in [0.15, 0.2) is 12.1 Å². The Balaban J connectivity index is 2.26. The monoisotopic (exact) mass is 265 g/mol. The van der Waals surface area contributed by atoms with Gasteiger partial charge in [-0.1, -0.05) is 13.3 Å². The SMILES string of the molecule is CCCC1CCN(c2cc(C)c(F)cc2[C@H](C)O)C1. The van der Waals surface area contributed by atoms with Gasteiger partial charge in [0.2, 0.25) is 0 Å². The molecule has 0 radical (unpaired) electrons. The molecule has 106 valence electrons. The summed E-state index contributed by atoms with van der Waals surface area (Å²) in [7, 11) is 0. The highest BCUT2D eigenvalue weighted by Crippen LogP contribution is 2.33. The highest BCUT2D eigenvalue weighted by Gasteiger charge is 2.25. The number of aliphatic hydroxyl groups excluding tert-OH is 1. The number of hydrogen-bond acceptors (Lipinski definition) is 2. The Hall–Kier alpha value is -1.09. The number of hydrogen-bond donors (Lipinski definition) is 1. The largest absolute Gasteiger partial charge is 0.389 e. The first-order valence-electron chi connectivity index (χ1n) is 7.26. The van der Waals surface area contributed by atoms with Crippen molar-refractivity contribution in [2.24, 2.45) is 5.92 Å². The smallest absolute Gasteiger partial charge is 0.126 e. The molecule has 1 fully saturated rings. The van der Waals surface area contributed by atoms with Crippen molar-refractivity contribution in [1.82, 2.24) is 0 Å². The molecule has 1 heterocycles. The molecule has 1 aromatic rings. The lowest BCUT2D eigenvalue weighted by molar-refractivity contribution is 0.199. The summed E-state index contributed by atoms with van der Waals surface area (Å²) in [5.74, 6) is 0.501. The van der Waals surface area contributed by atoms with Crippen molar-refractivity contribution in [2.45, 2.75) is 46.1 Å². The molecule has 2 rings (SSSR count). The maximum Gasteiger partial charge on any atom is 0.126 e. The fraction of sp³-hybridized carbons (Fsp3) is 0.625. The lowest BCUT2D eigenvalue weighted by atomic mass is 10.0. The van der Waals surface area contributed by atoms with Crippen molar-refractivity contribution in [3.8, 4) is 0 Å². The molecule has 0 aliphatic carbocycles. The van der Waals surface area contributed by atoms with Gasteiger partial charge in [-0.15, -0.1) is 0 Å². The summed E-state index contributed by atoms with van der Waals surface area (Å²) in [5, 5.41) is 9.86. The lowest BCUT2D eigenvalue weighted by Gasteiger charge is -2.24. The van der Waals surface area contributed by atoms with Gasteiger partial charge in [-0.25, -0.2) is 4.39 Å². The first kappa shape index (κ1) is 14.3. The zero-order valence-electron chi connectivity index (χ0n) is 12.1. The lowest BCUT2D eigenvalue weighted by Crippen LogP contribution is -2.22. The summed E-state index contributed by atoms with van der Waals surface area (Å²) in [6.45, 7) is 7.73. The first-order valence-corrected chi connectivity index (χ1v) is 7.26. The quantitative estimate of drug-likeness (QED) is 0.894. The third kappa shape index (κ3) is 3.08. The summed E-state index contributed by atoms with van der Waals surface area (Å²) in [4.78, 5) is 2.30. The second kappa shape index (κ2) is 5.91. The Bertz CT molecular complexity index is 445. The Labute approximate surface area is 115 Å². The molecule has 2 atom stereocenters. The van der Waals surface area contributed by atoms with Crippen LogP contribution >= 0.6 is 0 Å². The van der Waals surface area contributed by atoms with Crippen LogP contribution < -0.4 is 4.90 Å². The van der Waals surface area contributed by atoms with Crippen molar-refractivity contribution >= 4 is 5.69 Å². The van der Waals surface area contributed by atoms with E-state index in [0.717, 1.165) is 24.7 Å². The topological polar surface area (TPSA) is 23.5 Å². The number of anilines is 1. The fourth-order valence-corrected chi connectivity index (χ4v) is 2.99. The van der Waals surface area contributed by atoms with Gasteiger partial charge in [0.15, 0.2) is 0 Å². The molecule has 1 unspecified atom stereocenters. The Morgan fingerprint density at radius 3 is 2.84 bits per heavy atom. The molecule has 2 nitrogen and oxygen atoms in total. The predicted molar refractivity (Wildman–Crippen MR) is 77.0 cm³/mol. The average Bonchev–Trinajstić information content (AvgIpc) is 2.81. The summed E-state index contributed by atoms with van der Waals surface area (Å²) in [6, 6.07) is 3.37. The van der Waals surface area contributed by atoms with Gasteiger partial charge in [0.05, 0.1) is 6.10 Å². The summed E-state index contributed by atoms with van der Waals surface area (Å²) < 4.78 is 13.7. The molecule has 0 amide bonds. The highest BCUT2D eigenvalue weighted by molar-refractivity contribution is 5.57. The molecule has 1 aromatic carbocycles. The second-order valence-corrected chi connectivity index (χ2v) is 5.73. The number of nitrogens with zero attached hydrogens (tertiary/aromatic N) is 1. The molecule has 1 N–H and O–H groups in total. The zero-order valence-corrected chi connectivity index (χ0v) is 12.1. The number of halogens is 1. The summed E-state index contributed by atoms with van der Waals surface area (Å²) >= 11 is 0. The Kier molecular flexibility index (Phi) is 4.46. The molecule has 0 aromatic heterocycles. The minimum absolute atomic E-state index is 0.232. The van der Waals surface area contributed by atoms with E-state index >= 15 is 0 Å². The van der Waals surface area contributed by atoms with Gasteiger partial charge >= 0.3 is 0 Å². The van der Waals surface area contributed by atoms with Crippen molar-refractivity contribution in [3.05, 3.63) is 29.1 Å². The van der Waals surface area contributed by atoms with Gasteiger partial charge in [-0.2, -0.15) is 0 Å². The number of aryl methyl sites for hydroxylation is 1. The molecular formula is C16H24FNO. The van der Waals surface area contributed by atoms with Crippen LogP contribution in [0.25, 0.3) is 0 Å². The van der Waals surface area contributed by atoms with Crippen molar-refractivity contribution < 1.29 is 9.50 Å². The molecule has 0 bridgehead atoms. The van der Waals surface area contributed by atoms with E-state index in [1.54, 1.807) is 13.8 Å². The maximum absolute atomic E-state index is 13.7. The van der Waals surface area contributed by atoms with Crippen LogP contribution in [0, 0.1) is 18.7 Å². The van der Waals surface area contributed by atoms with Crippen molar-refractivity contribution in [1.29, 1.82) is 0 Å². The van der Waals surface area contributed by atoms with Gasteiger partial charge in [0, 0.05) is 24.3 Å². The van der Waals surface area contributed by atoms with Crippen LogP contribution in [0.2, 0.25) is 0 Å². The number of rotatable bonds is 4. The average molecular weight is 265 g/mol. The molecule has 1 saturated heterocycles. The van der Waals surface area contributed by atoms with Gasteiger partial charge in [0.1, 0.15) is 5.82 Å². The van der Waals surface area contributed by atoms with E-state index in [1.165, 1.54) is 25.3 Å². The van der Waals surface area contributed by atoms with Crippen LogP contribution in [-0.4, -0.2) is 18.2 Å². The van der Waals surface area contributed by atoms with Crippen molar-refractivity contribution in [3.63, 3.8) is 0 Å². The van der Waals surface area contributed by atoms with Crippen LogP contribution in [-0.2, 0) is 0 Å².